The first-order valence-electron chi connectivity index (χ1n) is 32.1. The summed E-state index contributed by atoms with van der Waals surface area (Å²) in [6, 6.07) is 17.9. The Hall–Kier alpha value is -6.22. The van der Waals surface area contributed by atoms with Gasteiger partial charge in [0.05, 0.1) is 56.9 Å². The zero-order chi connectivity index (χ0) is 68.9. The number of fused-ring (bicyclic) bond motifs is 2. The predicted molar refractivity (Wildman–Crippen MR) is 384 cm³/mol. The van der Waals surface area contributed by atoms with E-state index in [0.717, 1.165) is 110 Å². The number of rotatable bonds is 15. The summed E-state index contributed by atoms with van der Waals surface area (Å²) in [6.07, 6.45) is 0. The topological polar surface area (TPSA) is 111 Å². The molecule has 2 aliphatic heterocycles. The van der Waals surface area contributed by atoms with Crippen molar-refractivity contribution in [3.63, 3.8) is 0 Å². The minimum absolute atomic E-state index is 0.0189. The van der Waals surface area contributed by atoms with Gasteiger partial charge in [0.25, 0.3) is 0 Å². The standard InChI is InChI=1S/C78H108O12P2/c1-71(2,3)43-37-51(67(83-29)57(61(43)79-25)75(13,14)15)91(52-38-44(72(4,5)6)62(80-26)58(68(52)84-30)76(16,17)18)49-35-33-47-65(89-41-87-47)55(49)56-50(36-34-48-66(56)90-42-88-48)92(53-39-45(73(7,8)9)63(81-27)59(69(53)85-31)77(19,20)21)54-40-46(74(10,11)12)64(82-28)60(70(54)86-32)78(22,23)24/h33-40H,41-42H2,1-32H3. The Labute approximate surface area is 554 Å². The van der Waals surface area contributed by atoms with Gasteiger partial charge in [-0.3, -0.25) is 0 Å². The van der Waals surface area contributed by atoms with Crippen LogP contribution in [0, 0.1) is 0 Å². The molecule has 0 amide bonds. The highest BCUT2D eigenvalue weighted by molar-refractivity contribution is 7.81. The summed E-state index contributed by atoms with van der Waals surface area (Å²) in [5, 5.41) is 5.68. The molecule has 2 heterocycles. The van der Waals surface area contributed by atoms with Gasteiger partial charge in [-0.05, 0) is 118 Å². The number of hydrogen-bond donors (Lipinski definition) is 0. The Bertz CT molecular complexity index is 3350. The molecule has 0 spiro atoms. The third kappa shape index (κ3) is 12.8. The van der Waals surface area contributed by atoms with Crippen LogP contribution >= 0.6 is 15.8 Å². The third-order valence-corrected chi connectivity index (χ3v) is 22.4. The zero-order valence-corrected chi connectivity index (χ0v) is 63.6. The normalized spacial score (nSPS) is 13.9. The lowest BCUT2D eigenvalue weighted by Gasteiger charge is -2.37. The molecule has 0 aromatic heterocycles. The van der Waals surface area contributed by atoms with E-state index in [1.807, 2.05) is 0 Å². The van der Waals surface area contributed by atoms with E-state index in [9.17, 15) is 0 Å². The second-order valence-electron chi connectivity index (χ2n) is 32.6. The lowest BCUT2D eigenvalue weighted by molar-refractivity contribution is 0.173. The monoisotopic (exact) mass is 1300 g/mol. The van der Waals surface area contributed by atoms with Gasteiger partial charge >= 0.3 is 0 Å². The summed E-state index contributed by atoms with van der Waals surface area (Å²) in [4.78, 5) is 0. The summed E-state index contributed by atoms with van der Waals surface area (Å²) in [6.45, 7) is 53.7. The average molecular weight is 1300 g/mol. The maximum atomic E-state index is 7.07. The molecule has 0 N–H and O–H groups in total. The maximum absolute atomic E-state index is 7.07. The van der Waals surface area contributed by atoms with Crippen molar-refractivity contribution in [3.05, 3.63) is 93.0 Å². The van der Waals surface area contributed by atoms with Crippen molar-refractivity contribution in [3.8, 4) is 80.1 Å². The van der Waals surface area contributed by atoms with Crippen molar-refractivity contribution in [2.24, 2.45) is 0 Å². The fourth-order valence-corrected chi connectivity index (χ4v) is 18.9. The van der Waals surface area contributed by atoms with Crippen LogP contribution in [0.3, 0.4) is 0 Å². The van der Waals surface area contributed by atoms with E-state index >= 15 is 0 Å². The molecule has 0 saturated carbocycles. The van der Waals surface area contributed by atoms with Crippen molar-refractivity contribution in [1.82, 2.24) is 0 Å². The molecule has 0 unspecified atom stereocenters. The summed E-state index contributed by atoms with van der Waals surface area (Å²) >= 11 is 0. The summed E-state index contributed by atoms with van der Waals surface area (Å²) < 4.78 is 81.9. The van der Waals surface area contributed by atoms with Gasteiger partial charge in [-0.25, -0.2) is 0 Å². The quantitative estimate of drug-likeness (QED) is 0.0913. The molecule has 6 aromatic rings. The van der Waals surface area contributed by atoms with Crippen molar-refractivity contribution in [2.75, 3.05) is 70.5 Å². The van der Waals surface area contributed by atoms with Gasteiger partial charge in [-0.1, -0.05) is 166 Å². The van der Waals surface area contributed by atoms with Crippen LogP contribution in [0.1, 0.15) is 211 Å². The Morgan fingerprint density at radius 2 is 0.467 bits per heavy atom. The largest absolute Gasteiger partial charge is 0.496 e. The summed E-state index contributed by atoms with van der Waals surface area (Å²) in [5.41, 5.74) is 5.88. The van der Waals surface area contributed by atoms with Gasteiger partial charge in [0.1, 0.15) is 46.0 Å². The molecule has 14 heteroatoms. The van der Waals surface area contributed by atoms with E-state index < -0.39 is 59.2 Å². The van der Waals surface area contributed by atoms with Gasteiger partial charge in [0, 0.05) is 76.9 Å². The summed E-state index contributed by atoms with van der Waals surface area (Å²) in [7, 11) is 10.5. The van der Waals surface area contributed by atoms with Crippen LogP contribution in [0.15, 0.2) is 48.5 Å². The van der Waals surface area contributed by atoms with Crippen LogP contribution < -0.4 is 88.7 Å². The van der Waals surface area contributed by atoms with E-state index in [4.69, 9.17) is 56.8 Å². The highest BCUT2D eigenvalue weighted by Crippen LogP contribution is 2.61. The molecular weight excluding hydrogens is 1190 g/mol. The Morgan fingerprint density at radius 3 is 0.641 bits per heavy atom. The Kier molecular flexibility index (Phi) is 19.6. The van der Waals surface area contributed by atoms with Crippen molar-refractivity contribution in [2.45, 2.75) is 209 Å². The van der Waals surface area contributed by atoms with Crippen LogP contribution in [0.4, 0.5) is 0 Å². The number of hydrogen-bond acceptors (Lipinski definition) is 12. The molecule has 0 bridgehead atoms. The molecule has 2 aliphatic rings. The lowest BCUT2D eigenvalue weighted by atomic mass is 9.79. The SMILES string of the molecule is COc1c(P(c2cc(C(C)(C)C)c(OC)c(C(C)(C)C)c2OC)c2ccc3c(c2-c2c(P(c4cc(C(C)(C)C)c(OC)c(C(C)(C)C)c4OC)c4cc(C(C)(C)C)c(OC)c(C(C)(C)C)c4OC)ccc4c2OCO4)OCO3)cc(C(C)(C)C)c(OC)c1C(C)(C)C. The van der Waals surface area contributed by atoms with Crippen LogP contribution in [0.2, 0.25) is 0 Å². The van der Waals surface area contributed by atoms with Crippen LogP contribution in [-0.2, 0) is 43.3 Å². The smallest absolute Gasteiger partial charge is 0.231 e. The van der Waals surface area contributed by atoms with E-state index in [0.29, 0.717) is 46.0 Å². The Morgan fingerprint density at radius 1 is 0.261 bits per heavy atom. The molecule has 0 saturated heterocycles. The van der Waals surface area contributed by atoms with Gasteiger partial charge in [0.15, 0.2) is 23.0 Å². The Balaban J connectivity index is 1.78. The molecule has 0 atom stereocenters. The molecule has 0 radical (unpaired) electrons. The fraction of sp³-hybridized carbons (Fsp3) is 0.538. The minimum atomic E-state index is -1.87. The molecule has 0 fully saturated rings. The second kappa shape index (κ2) is 25.2. The van der Waals surface area contributed by atoms with Gasteiger partial charge < -0.3 is 56.8 Å². The highest BCUT2D eigenvalue weighted by atomic mass is 31.1. The molecule has 92 heavy (non-hydrogen) atoms. The van der Waals surface area contributed by atoms with Crippen LogP contribution in [0.5, 0.6) is 69.0 Å². The van der Waals surface area contributed by atoms with Crippen molar-refractivity contribution < 1.29 is 56.8 Å². The molecule has 12 nitrogen and oxygen atoms in total. The molecule has 502 valence electrons. The van der Waals surface area contributed by atoms with Crippen LogP contribution in [-0.4, -0.2) is 70.5 Å². The predicted octanol–water partition coefficient (Wildman–Crippen LogP) is 16.8. The minimum Gasteiger partial charge on any atom is -0.496 e. The zero-order valence-electron chi connectivity index (χ0n) is 61.8. The van der Waals surface area contributed by atoms with Gasteiger partial charge in [-0.2, -0.15) is 0 Å². The third-order valence-electron chi connectivity index (χ3n) is 17.4. The second-order valence-corrected chi connectivity index (χ2v) is 36.8. The number of ether oxygens (including phenoxy) is 12. The van der Waals surface area contributed by atoms with E-state index in [1.54, 1.807) is 56.9 Å². The highest BCUT2D eigenvalue weighted by Gasteiger charge is 2.46. The van der Waals surface area contributed by atoms with E-state index in [-0.39, 0.29) is 13.6 Å². The molecule has 8 rings (SSSR count). The lowest BCUT2D eigenvalue weighted by Crippen LogP contribution is -2.33. The molecule has 0 aliphatic carbocycles. The van der Waals surface area contributed by atoms with Crippen molar-refractivity contribution in [1.29, 1.82) is 0 Å². The first kappa shape index (κ1) is 71.6. The first-order valence-corrected chi connectivity index (χ1v) is 34.8. The first-order chi connectivity index (χ1) is 42.4. The number of methoxy groups -OCH3 is 8. The molecular formula is C78H108O12P2. The molecule has 6 aromatic carbocycles. The van der Waals surface area contributed by atoms with Gasteiger partial charge in [0.2, 0.25) is 13.6 Å². The number of benzene rings is 6. The average Bonchev–Trinajstić information content (AvgIpc) is 0.955. The maximum Gasteiger partial charge on any atom is 0.231 e. The fourth-order valence-electron chi connectivity index (χ4n) is 13.4. The van der Waals surface area contributed by atoms with Crippen LogP contribution in [0.25, 0.3) is 11.1 Å². The van der Waals surface area contributed by atoms with E-state index in [1.165, 1.54) is 0 Å². The van der Waals surface area contributed by atoms with Gasteiger partial charge in [-0.15, -0.1) is 0 Å². The van der Waals surface area contributed by atoms with Crippen molar-refractivity contribution >= 4 is 47.7 Å². The summed E-state index contributed by atoms with van der Waals surface area (Å²) in [5.74, 6) is 8.30. The van der Waals surface area contributed by atoms with E-state index in [2.05, 4.69) is 215 Å².